The quantitative estimate of drug-likeness (QED) is 0.529. The number of Topliss-reactive ketones (excluding diaryl/α,β-unsaturated/α-hetero) is 1. The minimum Gasteiger partial charge on any atom is -0.423 e. The van der Waals surface area contributed by atoms with Gasteiger partial charge in [0.2, 0.25) is 5.78 Å². The van der Waals surface area contributed by atoms with Crippen molar-refractivity contribution < 1.29 is 43.6 Å². The Kier molecular flexibility index (Phi) is 5.39. The molecule has 4 fully saturated rings. The highest BCUT2D eigenvalue weighted by molar-refractivity contribution is 8.13. The number of halogens is 5. The van der Waals surface area contributed by atoms with Crippen LogP contribution in [0.25, 0.3) is 4.13 Å². The Bertz CT molecular complexity index is 862. The molecule has 0 heterocycles. The Labute approximate surface area is 165 Å². The Morgan fingerprint density at radius 2 is 1.34 bits per heavy atom. The van der Waals surface area contributed by atoms with Gasteiger partial charge in [0.05, 0.1) is 0 Å². The van der Waals surface area contributed by atoms with Crippen molar-refractivity contribution >= 4 is 25.8 Å². The van der Waals surface area contributed by atoms with E-state index >= 15 is 0 Å². The normalized spacial score (nSPS) is 33.7. The third-order valence-corrected chi connectivity index (χ3v) is 9.79. The van der Waals surface area contributed by atoms with Crippen molar-refractivity contribution in [2.75, 3.05) is 0 Å². The van der Waals surface area contributed by atoms with Gasteiger partial charge in [0.25, 0.3) is 0 Å². The van der Waals surface area contributed by atoms with Crippen LogP contribution in [0.3, 0.4) is 0 Å². The largest absolute Gasteiger partial charge is 0.480 e. The summed E-state index contributed by atoms with van der Waals surface area (Å²) in [6.45, 7) is 1.57. The Hall–Kier alpha value is -0.820. The number of carbonyl (C=O) groups is 1. The predicted octanol–water partition coefficient (Wildman–Crippen LogP) is 3.94. The maximum absolute atomic E-state index is 14.2. The third-order valence-electron chi connectivity index (χ3n) is 6.76. The van der Waals surface area contributed by atoms with Crippen LogP contribution in [-0.2, 0) is 24.8 Å². The summed E-state index contributed by atoms with van der Waals surface area (Å²) in [7, 11) is -13.3. The zero-order chi connectivity index (χ0) is 22.0. The summed E-state index contributed by atoms with van der Waals surface area (Å²) in [6, 6.07) is 0. The van der Waals surface area contributed by atoms with Crippen molar-refractivity contribution in [3.8, 4) is 0 Å². The van der Waals surface area contributed by atoms with Crippen LogP contribution in [-0.4, -0.2) is 33.4 Å². The van der Waals surface area contributed by atoms with Gasteiger partial charge >= 0.3 is 10.8 Å². The maximum atomic E-state index is 14.2. The van der Waals surface area contributed by atoms with E-state index in [4.69, 9.17) is 0 Å². The topological polar surface area (TPSA) is 99.4 Å². The highest BCUT2D eigenvalue weighted by Crippen LogP contribution is 2.63. The van der Waals surface area contributed by atoms with Gasteiger partial charge in [-0.3, -0.25) is 4.79 Å². The van der Waals surface area contributed by atoms with E-state index in [1.54, 1.807) is 6.92 Å². The number of nitrogens with zero attached hydrogens (tertiary/aromatic N) is 1. The van der Waals surface area contributed by atoms with Crippen LogP contribution in [0.4, 0.5) is 22.0 Å². The Balaban J connectivity index is 1.75. The van der Waals surface area contributed by atoms with Gasteiger partial charge < -0.3 is 4.13 Å². The molecule has 0 aromatic carbocycles. The summed E-state index contributed by atoms with van der Waals surface area (Å²) in [5, 5.41) is -5.36. The smallest absolute Gasteiger partial charge is 0.423 e. The number of carbonyl (C=O) groups excluding carboxylic acids is 1. The van der Waals surface area contributed by atoms with E-state index in [1.807, 2.05) is 0 Å². The SMILES string of the molecule is CC(CC(=O)C(F)(F)S(=O)(=O)[N-]S(=O)(=O)C(F)(F)F)C12CC3CC(CC(C3)C1)C2. The molecule has 1 unspecified atom stereocenters. The standard InChI is InChI=1S/C16H21F5NO5S2/c1-9(14-6-10-3-11(7-14)5-12(4-10)8-14)2-13(23)15(17,18)28(24,25)22-29(26,27)16(19,20)21/h9-12H,2-8H2,1H3/q-1. The lowest BCUT2D eigenvalue weighted by atomic mass is 9.46. The number of hydrogen-bond acceptors (Lipinski definition) is 5. The van der Waals surface area contributed by atoms with Crippen LogP contribution in [0, 0.1) is 29.1 Å². The van der Waals surface area contributed by atoms with Crippen LogP contribution in [0.15, 0.2) is 0 Å². The third kappa shape index (κ3) is 3.93. The summed E-state index contributed by atoms with van der Waals surface area (Å²) in [4.78, 5) is 12.1. The molecule has 0 spiro atoms. The average Bonchev–Trinajstić information content (AvgIpc) is 2.51. The highest BCUT2D eigenvalue weighted by Gasteiger charge is 2.56. The Morgan fingerprint density at radius 3 is 1.72 bits per heavy atom. The van der Waals surface area contributed by atoms with Crippen LogP contribution >= 0.6 is 0 Å². The molecule has 0 radical (unpaired) electrons. The van der Waals surface area contributed by atoms with E-state index in [-0.39, 0.29) is 5.41 Å². The first kappa shape index (κ1) is 22.9. The summed E-state index contributed by atoms with van der Waals surface area (Å²) in [5.74, 6) is -1.43. The molecule has 168 valence electrons. The van der Waals surface area contributed by atoms with Crippen LogP contribution in [0.1, 0.15) is 51.9 Å². The number of rotatable bonds is 7. The lowest BCUT2D eigenvalue weighted by molar-refractivity contribution is -0.138. The van der Waals surface area contributed by atoms with Crippen molar-refractivity contribution in [1.29, 1.82) is 0 Å². The first-order chi connectivity index (χ1) is 13.0. The van der Waals surface area contributed by atoms with Crippen LogP contribution < -0.4 is 0 Å². The predicted molar refractivity (Wildman–Crippen MR) is 91.6 cm³/mol. The minimum absolute atomic E-state index is 0.376. The molecule has 29 heavy (non-hydrogen) atoms. The molecule has 4 saturated carbocycles. The second-order valence-electron chi connectivity index (χ2n) is 8.80. The van der Waals surface area contributed by atoms with Gasteiger partial charge in [0, 0.05) is 6.42 Å². The van der Waals surface area contributed by atoms with Gasteiger partial charge in [0.1, 0.15) is 0 Å². The molecule has 0 aliphatic heterocycles. The van der Waals surface area contributed by atoms with E-state index in [2.05, 4.69) is 0 Å². The zero-order valence-corrected chi connectivity index (χ0v) is 17.1. The minimum atomic E-state index is -6.73. The number of hydrogen-bond donors (Lipinski definition) is 0. The molecule has 4 aliphatic rings. The molecule has 0 aromatic heterocycles. The fraction of sp³-hybridized carbons (Fsp3) is 0.938. The van der Waals surface area contributed by atoms with Crippen LogP contribution in [0.5, 0.6) is 0 Å². The molecular weight excluding hydrogens is 445 g/mol. The van der Waals surface area contributed by atoms with Crippen molar-refractivity contribution in [2.45, 2.75) is 62.6 Å². The van der Waals surface area contributed by atoms with E-state index < -0.39 is 48.9 Å². The lowest BCUT2D eigenvalue weighted by Gasteiger charge is -2.59. The lowest BCUT2D eigenvalue weighted by Crippen LogP contribution is -2.50. The highest BCUT2D eigenvalue weighted by atomic mass is 32.3. The maximum Gasteiger partial charge on any atom is 0.480 e. The van der Waals surface area contributed by atoms with E-state index in [9.17, 15) is 43.6 Å². The van der Waals surface area contributed by atoms with Gasteiger partial charge in [0.15, 0.2) is 20.0 Å². The van der Waals surface area contributed by atoms with E-state index in [0.717, 1.165) is 38.5 Å². The summed E-state index contributed by atoms with van der Waals surface area (Å²) in [5.41, 5.74) is -6.55. The monoisotopic (exact) mass is 466 g/mol. The fourth-order valence-electron chi connectivity index (χ4n) is 5.76. The molecular formula is C16H21F5NO5S2-. The molecule has 4 bridgehead atoms. The Morgan fingerprint density at radius 1 is 0.931 bits per heavy atom. The summed E-state index contributed by atoms with van der Waals surface area (Å²) in [6.07, 6.45) is 4.53. The molecule has 0 N–H and O–H groups in total. The van der Waals surface area contributed by atoms with Crippen LogP contribution in [0.2, 0.25) is 0 Å². The molecule has 4 aliphatic carbocycles. The number of alkyl halides is 5. The number of sulfonamides is 2. The summed E-state index contributed by atoms with van der Waals surface area (Å²) < 4.78 is 112. The van der Waals surface area contributed by atoms with E-state index in [0.29, 0.717) is 17.8 Å². The molecule has 13 heteroatoms. The van der Waals surface area contributed by atoms with Gasteiger partial charge in [-0.25, -0.2) is 16.8 Å². The van der Waals surface area contributed by atoms with Gasteiger partial charge in [-0.2, -0.15) is 22.0 Å². The first-order valence-electron chi connectivity index (χ1n) is 9.20. The van der Waals surface area contributed by atoms with Crippen molar-refractivity contribution in [2.24, 2.45) is 29.1 Å². The molecule has 0 amide bonds. The summed E-state index contributed by atoms with van der Waals surface area (Å²) >= 11 is 0. The van der Waals surface area contributed by atoms with Crippen molar-refractivity contribution in [3.05, 3.63) is 4.13 Å². The first-order valence-corrected chi connectivity index (χ1v) is 12.1. The molecule has 4 rings (SSSR count). The molecule has 0 saturated heterocycles. The van der Waals surface area contributed by atoms with Gasteiger partial charge in [-0.05, 0) is 67.6 Å². The fourth-order valence-corrected chi connectivity index (χ4v) is 7.87. The second-order valence-corrected chi connectivity index (χ2v) is 12.3. The number of ketones is 1. The second kappa shape index (κ2) is 6.84. The molecule has 0 aromatic rings. The van der Waals surface area contributed by atoms with Gasteiger partial charge in [-0.15, -0.1) is 0 Å². The average molecular weight is 466 g/mol. The van der Waals surface area contributed by atoms with Crippen molar-refractivity contribution in [1.82, 2.24) is 0 Å². The van der Waals surface area contributed by atoms with E-state index in [1.165, 1.54) is 4.13 Å². The van der Waals surface area contributed by atoms with Crippen molar-refractivity contribution in [3.63, 3.8) is 0 Å². The molecule has 1 atom stereocenters. The zero-order valence-electron chi connectivity index (χ0n) is 15.5. The molecule has 6 nitrogen and oxygen atoms in total. The van der Waals surface area contributed by atoms with Gasteiger partial charge in [-0.1, -0.05) is 6.92 Å².